The first-order chi connectivity index (χ1) is 60.6. The first-order valence-electron chi connectivity index (χ1n) is 41.1. The molecule has 0 fully saturated rings. The van der Waals surface area contributed by atoms with Crippen molar-refractivity contribution in [3.63, 3.8) is 0 Å². The largest absolute Gasteiger partial charge is 0.437 e. The van der Waals surface area contributed by atoms with E-state index in [-0.39, 0.29) is 0 Å². The molecule has 10 aromatic carbocycles. The molecule has 20 heteroatoms. The number of hydrogen-bond donors (Lipinski definition) is 0. The van der Waals surface area contributed by atoms with E-state index in [0.29, 0.717) is 28.6 Å². The molecule has 20 nitrogen and oxygen atoms in total. The van der Waals surface area contributed by atoms with E-state index in [4.69, 9.17) is 22.1 Å². The molecule has 25 rings (SSSR count). The van der Waals surface area contributed by atoms with E-state index in [1.807, 2.05) is 159 Å². The number of imidazole rings is 1. The van der Waals surface area contributed by atoms with Crippen LogP contribution in [0.5, 0.6) is 0 Å². The van der Waals surface area contributed by atoms with E-state index < -0.39 is 0 Å². The summed E-state index contributed by atoms with van der Waals surface area (Å²) in [4.78, 5) is 31.6. The smallest absolute Gasteiger partial charge is 0.334 e. The summed E-state index contributed by atoms with van der Waals surface area (Å²) in [7, 11) is 12.1. The van der Waals surface area contributed by atoms with Crippen LogP contribution < -0.4 is 23.1 Å². The van der Waals surface area contributed by atoms with Crippen LogP contribution in [0.25, 0.3) is 215 Å². The van der Waals surface area contributed by atoms with Gasteiger partial charge in [0.25, 0.3) is 5.82 Å². The fourth-order valence-corrected chi connectivity index (χ4v) is 17.9. The maximum atomic E-state index is 6.27. The minimum absolute atomic E-state index is 0.666. The lowest BCUT2D eigenvalue weighted by atomic mass is 10.00. The molecule has 0 unspecified atom stereocenters. The van der Waals surface area contributed by atoms with Crippen LogP contribution in [0.4, 0.5) is 0 Å². The van der Waals surface area contributed by atoms with Crippen molar-refractivity contribution in [3.8, 4) is 51.0 Å². The van der Waals surface area contributed by atoms with Crippen LogP contribution in [0, 0.1) is 34.6 Å². The van der Waals surface area contributed by atoms with Crippen molar-refractivity contribution in [3.05, 3.63) is 327 Å². The van der Waals surface area contributed by atoms with Gasteiger partial charge in [0, 0.05) is 103 Å². The topological polar surface area (TPSA) is 198 Å². The zero-order chi connectivity index (χ0) is 84.3. The monoisotopic (exact) mass is 1620 g/mol. The van der Waals surface area contributed by atoms with Crippen LogP contribution in [0.15, 0.2) is 321 Å². The molecule has 15 heterocycles. The molecule has 0 radical (unpaired) electrons. The van der Waals surface area contributed by atoms with Gasteiger partial charge in [0.15, 0.2) is 60.1 Å². The predicted octanol–water partition coefficient (Wildman–Crippen LogP) is 21.3. The minimum atomic E-state index is 0.666. The molecule has 0 saturated carbocycles. The zero-order valence-corrected chi connectivity index (χ0v) is 70.0. The summed E-state index contributed by atoms with van der Waals surface area (Å²) in [5, 5.41) is 26.6. The first-order valence-corrected chi connectivity index (χ1v) is 41.1. The Morgan fingerprint density at radius 1 is 0.290 bits per heavy atom. The molecule has 0 amide bonds. The highest BCUT2D eigenvalue weighted by Gasteiger charge is 2.30. The zero-order valence-electron chi connectivity index (χ0n) is 70.0. The summed E-state index contributed by atoms with van der Waals surface area (Å²) in [6, 6.07) is 70.8. The molecule has 0 aliphatic rings. The third-order valence-corrected chi connectivity index (χ3v) is 24.0. The summed E-state index contributed by atoms with van der Waals surface area (Å²) in [5.74, 6) is 2.00. The van der Waals surface area contributed by atoms with Crippen molar-refractivity contribution >= 4 is 164 Å². The van der Waals surface area contributed by atoms with Crippen LogP contribution in [-0.2, 0) is 42.3 Å². The highest BCUT2D eigenvalue weighted by Crippen LogP contribution is 2.45. The first kappa shape index (κ1) is 75.4. The average molecular weight is 1620 g/mol. The van der Waals surface area contributed by atoms with Gasteiger partial charge in [-0.2, -0.15) is 4.57 Å². The molecule has 0 atom stereocenters. The molecule has 0 spiro atoms. The van der Waals surface area contributed by atoms with Crippen LogP contribution in [-0.4, -0.2) is 49.2 Å². The van der Waals surface area contributed by atoms with Crippen molar-refractivity contribution in [2.75, 3.05) is 0 Å². The number of aromatic nitrogens is 15. The molecular weight excluding hydrogens is 1540 g/mol. The lowest BCUT2D eigenvalue weighted by Gasteiger charge is -2.05. The Morgan fingerprint density at radius 3 is 1.10 bits per heavy atom. The van der Waals surface area contributed by atoms with Gasteiger partial charge in [-0.3, -0.25) is 4.98 Å². The Bertz CT molecular complexity index is 8140. The number of hydrogen-bond acceptors (Lipinski definition) is 13. The molecular formula is C104H82N15O5+5. The van der Waals surface area contributed by atoms with Gasteiger partial charge in [0.05, 0.1) is 90.2 Å². The fourth-order valence-electron chi connectivity index (χ4n) is 17.9. The van der Waals surface area contributed by atoms with Crippen LogP contribution in [0.2, 0.25) is 0 Å². The van der Waals surface area contributed by atoms with Gasteiger partial charge in [0.1, 0.15) is 36.8 Å². The van der Waals surface area contributed by atoms with Crippen LogP contribution >= 0.6 is 0 Å². The summed E-state index contributed by atoms with van der Waals surface area (Å²) in [6.07, 6.45) is 28.8. The Balaban J connectivity index is 0.0000000950. The number of nitrogens with zero attached hydrogens (tertiary/aromatic N) is 15. The maximum Gasteiger partial charge on any atom is 0.334 e. The number of benzene rings is 10. The number of pyridine rings is 5. The highest BCUT2D eigenvalue weighted by molar-refractivity contribution is 6.24. The van der Waals surface area contributed by atoms with Crippen molar-refractivity contribution < 1.29 is 45.2 Å². The maximum absolute atomic E-state index is 6.27. The fraction of sp³-hybridized carbons (Fsp3) is 0.106. The molecule has 0 N–H and O–H groups in total. The van der Waals surface area contributed by atoms with E-state index >= 15 is 0 Å². The van der Waals surface area contributed by atoms with Crippen molar-refractivity contribution in [2.45, 2.75) is 34.6 Å². The Morgan fingerprint density at radius 2 is 0.685 bits per heavy atom. The highest BCUT2D eigenvalue weighted by atomic mass is 16.4. The molecule has 0 saturated heterocycles. The van der Waals surface area contributed by atoms with Gasteiger partial charge in [-0.15, -0.1) is 9.36 Å². The second kappa shape index (κ2) is 30.3. The number of furan rings is 5. The molecule has 0 aliphatic heterocycles. The molecule has 0 aliphatic carbocycles. The van der Waals surface area contributed by atoms with Gasteiger partial charge in [-0.05, 0) is 112 Å². The van der Waals surface area contributed by atoms with Crippen molar-refractivity contribution in [2.24, 2.45) is 42.3 Å². The van der Waals surface area contributed by atoms with E-state index in [0.717, 1.165) is 198 Å². The third-order valence-electron chi connectivity index (χ3n) is 24.0. The van der Waals surface area contributed by atoms with Gasteiger partial charge >= 0.3 is 5.82 Å². The average Bonchev–Trinajstić information content (AvgIpc) is 2.02. The Hall–Kier alpha value is -16.1. The van der Waals surface area contributed by atoms with Crippen LogP contribution in [0.3, 0.4) is 0 Å². The Kier molecular flexibility index (Phi) is 18.4. The quantitative estimate of drug-likeness (QED) is 0.148. The molecule has 124 heavy (non-hydrogen) atoms. The van der Waals surface area contributed by atoms with Gasteiger partial charge < -0.3 is 22.1 Å². The second-order valence-electron chi connectivity index (χ2n) is 31.7. The summed E-state index contributed by atoms with van der Waals surface area (Å²) in [6.45, 7) is 10.5. The predicted molar refractivity (Wildman–Crippen MR) is 488 cm³/mol. The summed E-state index contributed by atoms with van der Waals surface area (Å²) >= 11 is 0. The second-order valence-corrected chi connectivity index (χ2v) is 31.7. The van der Waals surface area contributed by atoms with E-state index in [9.17, 15) is 0 Å². The lowest BCUT2D eigenvalue weighted by molar-refractivity contribution is -0.744. The molecule has 15 aromatic heterocycles. The minimum Gasteiger partial charge on any atom is -0.437 e. The molecule has 598 valence electrons. The van der Waals surface area contributed by atoms with E-state index in [1.165, 1.54) is 16.3 Å². The number of fused-ring (bicyclic) bond motifs is 25. The van der Waals surface area contributed by atoms with Gasteiger partial charge in [0.2, 0.25) is 40.0 Å². The molecule has 25 aromatic rings. The molecule has 0 bridgehead atoms. The summed E-state index contributed by atoms with van der Waals surface area (Å²) < 4.78 is 45.5. The number of rotatable bonds is 5. The Labute approximate surface area is 709 Å². The standard InChI is InChI=1S/C21H18N3O.3C21H16N3O.C20H16N3O/c1-13-8-9-16-18-15-7-5-4-6-14(15)12-22-20(18)25-19(16)17(13)21-23(2)10-11-24(21)3;1-13-8-9-16-18-15-7-4-3-6-14(15)12-23-21(18)25-19(16)17(13)20-22-10-5-11-24(20)2;1-13-9-10-16-19-15-7-4-3-6-14(15)12-22-21(19)25-20(16)18(13)17-8-5-11-23-24(17)2;1-13-7-8-16-19-15-6-4-3-5-14(15)11-23-21(19)25-20(16)18(13)17-12-22-9-10-24(17)2;1-13-8-9-16-17-15-7-4-3-6-14(15)12-21-20(17)24-19(16)18(13)23-11-5-10-22(23)2/h4-12H,1-3H3;3*3-12H,1-2H3;3-12H,1-2H3/q5*+1. The van der Waals surface area contributed by atoms with Gasteiger partial charge in [-0.25, -0.2) is 38.6 Å². The van der Waals surface area contributed by atoms with Crippen molar-refractivity contribution in [1.82, 2.24) is 49.2 Å². The van der Waals surface area contributed by atoms with Crippen LogP contribution in [0.1, 0.15) is 27.8 Å². The normalized spacial score (nSPS) is 11.7. The lowest BCUT2D eigenvalue weighted by Crippen LogP contribution is -2.37. The number of aryl methyl sites for hydroxylation is 11. The SMILES string of the molecule is Cc1ccc2c(oc3ncc4ccccc4c32)c1-c1cccn[n+]1C.Cc1ccc2c(oc3ncc4ccccc4c32)c1-c1cncc[n+]1C.Cc1ccc2c(oc3ncc4ccccc4c32)c1-c1n(C)cc[n+]1C.Cc1ccc2c(oc3ncc4ccccc4c32)c1-c1nccc[n+]1C.Cc1ccc2c(oc3ncc4ccccc4c32)c1-n1ccc[n+]1C. The van der Waals surface area contributed by atoms with Gasteiger partial charge in [-0.1, -0.05) is 181 Å². The van der Waals surface area contributed by atoms with Crippen molar-refractivity contribution in [1.29, 1.82) is 0 Å². The van der Waals surface area contributed by atoms with E-state index in [1.54, 1.807) is 12.4 Å². The summed E-state index contributed by atoms with van der Waals surface area (Å²) in [5.41, 5.74) is 20.9. The third kappa shape index (κ3) is 12.5. The van der Waals surface area contributed by atoms with E-state index in [2.05, 4.69) is 277 Å².